The van der Waals surface area contributed by atoms with Gasteiger partial charge in [-0.15, -0.1) is 16.4 Å². The molecule has 0 saturated carbocycles. The molecule has 0 saturated heterocycles. The standard InChI is InChI=1S/C16H15N5O3S/c22-14(18-16(24)17-8-7-11-4-3-9-25-11)10-21-15(23)12-5-1-2-6-13(12)19-20-21/h1-6,9H,7-8,10H2,(H2,17,18,22,24). The van der Waals surface area contributed by atoms with E-state index < -0.39 is 17.5 Å². The summed E-state index contributed by atoms with van der Waals surface area (Å²) in [5.74, 6) is -0.639. The Balaban J connectivity index is 1.54. The first-order valence-electron chi connectivity index (χ1n) is 7.56. The minimum atomic E-state index is -0.639. The zero-order valence-corrected chi connectivity index (χ0v) is 14.0. The number of fused-ring (bicyclic) bond motifs is 1. The number of imide groups is 1. The molecule has 0 aliphatic heterocycles. The summed E-state index contributed by atoms with van der Waals surface area (Å²) in [7, 11) is 0. The number of hydrogen-bond acceptors (Lipinski definition) is 6. The van der Waals surface area contributed by atoms with Crippen LogP contribution in [0.4, 0.5) is 4.79 Å². The van der Waals surface area contributed by atoms with Gasteiger partial charge in [0, 0.05) is 11.4 Å². The molecule has 3 aromatic rings. The number of nitrogens with one attached hydrogen (secondary N) is 2. The number of thiophene rings is 1. The van der Waals surface area contributed by atoms with Crippen LogP contribution in [0.2, 0.25) is 0 Å². The van der Waals surface area contributed by atoms with Crippen LogP contribution in [0.3, 0.4) is 0 Å². The number of nitrogens with zero attached hydrogens (tertiary/aromatic N) is 3. The average Bonchev–Trinajstić information content (AvgIpc) is 3.11. The first-order valence-corrected chi connectivity index (χ1v) is 8.44. The Morgan fingerprint density at radius 2 is 2.00 bits per heavy atom. The quantitative estimate of drug-likeness (QED) is 0.706. The van der Waals surface area contributed by atoms with Crippen LogP contribution in [0, 0.1) is 0 Å². The van der Waals surface area contributed by atoms with E-state index in [9.17, 15) is 14.4 Å². The van der Waals surface area contributed by atoms with Crippen LogP contribution < -0.4 is 16.2 Å². The fourth-order valence-electron chi connectivity index (χ4n) is 2.23. The first kappa shape index (κ1) is 16.8. The van der Waals surface area contributed by atoms with E-state index in [0.29, 0.717) is 23.9 Å². The van der Waals surface area contributed by atoms with Gasteiger partial charge in [0.05, 0.1) is 5.39 Å². The van der Waals surface area contributed by atoms with Crippen molar-refractivity contribution in [2.24, 2.45) is 0 Å². The van der Waals surface area contributed by atoms with Crippen molar-refractivity contribution in [3.8, 4) is 0 Å². The summed E-state index contributed by atoms with van der Waals surface area (Å²) in [5, 5.41) is 14.7. The summed E-state index contributed by atoms with van der Waals surface area (Å²) < 4.78 is 0.927. The number of carbonyl (C=O) groups excluding carboxylic acids is 2. The number of amides is 3. The van der Waals surface area contributed by atoms with Gasteiger partial charge >= 0.3 is 6.03 Å². The largest absolute Gasteiger partial charge is 0.337 e. The molecule has 3 amide bonds. The molecule has 0 unspecified atom stereocenters. The lowest BCUT2D eigenvalue weighted by molar-refractivity contribution is -0.120. The number of carbonyl (C=O) groups is 2. The Kier molecular flexibility index (Phi) is 5.14. The van der Waals surface area contributed by atoms with Crippen LogP contribution in [-0.2, 0) is 17.8 Å². The van der Waals surface area contributed by atoms with E-state index >= 15 is 0 Å². The van der Waals surface area contributed by atoms with Crippen molar-refractivity contribution in [2.45, 2.75) is 13.0 Å². The van der Waals surface area contributed by atoms with Gasteiger partial charge in [-0.05, 0) is 30.0 Å². The second-order valence-electron chi connectivity index (χ2n) is 5.20. The summed E-state index contributed by atoms with van der Waals surface area (Å²) in [6.45, 7) is 0.0321. The molecule has 0 bridgehead atoms. The van der Waals surface area contributed by atoms with Gasteiger partial charge < -0.3 is 5.32 Å². The topological polar surface area (TPSA) is 106 Å². The summed E-state index contributed by atoms with van der Waals surface area (Å²) in [6.07, 6.45) is 0.689. The molecule has 2 N–H and O–H groups in total. The van der Waals surface area contributed by atoms with E-state index in [0.717, 1.165) is 9.56 Å². The third kappa shape index (κ3) is 4.27. The molecule has 25 heavy (non-hydrogen) atoms. The lowest BCUT2D eigenvalue weighted by atomic mass is 10.2. The van der Waals surface area contributed by atoms with Crippen molar-refractivity contribution in [1.29, 1.82) is 0 Å². The van der Waals surface area contributed by atoms with Crippen LogP contribution in [-0.4, -0.2) is 33.5 Å². The molecule has 9 heteroatoms. The van der Waals surface area contributed by atoms with E-state index in [2.05, 4.69) is 20.9 Å². The monoisotopic (exact) mass is 357 g/mol. The van der Waals surface area contributed by atoms with Crippen LogP contribution in [0.5, 0.6) is 0 Å². The molecular formula is C16H15N5O3S. The van der Waals surface area contributed by atoms with Gasteiger partial charge in [-0.3, -0.25) is 14.9 Å². The van der Waals surface area contributed by atoms with Crippen LogP contribution >= 0.6 is 11.3 Å². The zero-order chi connectivity index (χ0) is 17.6. The van der Waals surface area contributed by atoms with Crippen molar-refractivity contribution in [3.63, 3.8) is 0 Å². The van der Waals surface area contributed by atoms with Gasteiger partial charge in [0.1, 0.15) is 12.1 Å². The van der Waals surface area contributed by atoms with Crippen molar-refractivity contribution < 1.29 is 9.59 Å². The molecule has 0 fully saturated rings. The molecular weight excluding hydrogens is 342 g/mol. The SMILES string of the molecule is O=C(Cn1nnc2ccccc2c1=O)NC(=O)NCCc1cccs1. The molecule has 3 rings (SSSR count). The minimum Gasteiger partial charge on any atom is -0.337 e. The van der Waals surface area contributed by atoms with E-state index in [1.54, 1.807) is 35.6 Å². The number of rotatable bonds is 5. The molecule has 0 aliphatic carbocycles. The van der Waals surface area contributed by atoms with Crippen molar-refractivity contribution in [3.05, 3.63) is 57.0 Å². The number of aromatic nitrogens is 3. The molecule has 2 aromatic heterocycles. The highest BCUT2D eigenvalue weighted by atomic mass is 32.1. The van der Waals surface area contributed by atoms with Gasteiger partial charge in [-0.25, -0.2) is 9.48 Å². The molecule has 1 aromatic carbocycles. The predicted molar refractivity (Wildman–Crippen MR) is 93.4 cm³/mol. The van der Waals surface area contributed by atoms with Gasteiger partial charge in [-0.2, -0.15) is 0 Å². The van der Waals surface area contributed by atoms with E-state index in [-0.39, 0.29) is 6.54 Å². The lowest BCUT2D eigenvalue weighted by Gasteiger charge is -2.07. The maximum absolute atomic E-state index is 12.2. The van der Waals surface area contributed by atoms with Gasteiger partial charge in [0.15, 0.2) is 0 Å². The number of hydrogen-bond donors (Lipinski definition) is 2. The van der Waals surface area contributed by atoms with Gasteiger partial charge in [0.25, 0.3) is 5.56 Å². The maximum Gasteiger partial charge on any atom is 0.321 e. The van der Waals surface area contributed by atoms with E-state index in [1.807, 2.05) is 17.5 Å². The van der Waals surface area contributed by atoms with E-state index in [4.69, 9.17) is 0 Å². The van der Waals surface area contributed by atoms with Crippen LogP contribution in [0.1, 0.15) is 4.88 Å². The molecule has 0 aliphatic rings. The first-order chi connectivity index (χ1) is 12.1. The maximum atomic E-state index is 12.2. The molecule has 8 nitrogen and oxygen atoms in total. The highest BCUT2D eigenvalue weighted by Crippen LogP contribution is 2.08. The second-order valence-corrected chi connectivity index (χ2v) is 6.24. The Morgan fingerprint density at radius 3 is 2.80 bits per heavy atom. The lowest BCUT2D eigenvalue weighted by Crippen LogP contribution is -2.43. The molecule has 2 heterocycles. The highest BCUT2D eigenvalue weighted by molar-refractivity contribution is 7.09. The molecule has 0 atom stereocenters. The Bertz CT molecular complexity index is 952. The Morgan fingerprint density at radius 1 is 1.16 bits per heavy atom. The van der Waals surface area contributed by atoms with E-state index in [1.165, 1.54) is 0 Å². The fourth-order valence-corrected chi connectivity index (χ4v) is 2.94. The Hall–Kier alpha value is -3.07. The summed E-state index contributed by atoms with van der Waals surface area (Å²) in [5.41, 5.74) is 0.0225. The van der Waals surface area contributed by atoms with Gasteiger partial charge in [0.2, 0.25) is 5.91 Å². The summed E-state index contributed by atoms with van der Waals surface area (Å²) in [4.78, 5) is 37.0. The Labute approximate surface area is 146 Å². The number of urea groups is 1. The smallest absolute Gasteiger partial charge is 0.321 e. The zero-order valence-electron chi connectivity index (χ0n) is 13.1. The normalized spacial score (nSPS) is 10.6. The van der Waals surface area contributed by atoms with Crippen molar-refractivity contribution >= 4 is 34.2 Å². The summed E-state index contributed by atoms with van der Waals surface area (Å²) in [6, 6.07) is 10.0. The number of benzene rings is 1. The van der Waals surface area contributed by atoms with Crippen molar-refractivity contribution in [1.82, 2.24) is 25.6 Å². The third-order valence-electron chi connectivity index (χ3n) is 3.41. The van der Waals surface area contributed by atoms with Crippen molar-refractivity contribution in [2.75, 3.05) is 6.54 Å². The average molecular weight is 357 g/mol. The highest BCUT2D eigenvalue weighted by Gasteiger charge is 2.12. The molecule has 128 valence electrons. The molecule has 0 radical (unpaired) electrons. The molecule has 0 spiro atoms. The van der Waals surface area contributed by atoms with Gasteiger partial charge in [-0.1, -0.05) is 23.4 Å². The minimum absolute atomic E-state index is 0.366. The van der Waals surface area contributed by atoms with Crippen LogP contribution in [0.15, 0.2) is 46.6 Å². The summed E-state index contributed by atoms with van der Waals surface area (Å²) >= 11 is 1.60. The third-order valence-corrected chi connectivity index (χ3v) is 4.35. The fraction of sp³-hybridized carbons (Fsp3) is 0.188. The predicted octanol–water partition coefficient (Wildman–Crippen LogP) is 0.921. The second kappa shape index (κ2) is 7.67. The van der Waals surface area contributed by atoms with Crippen LogP contribution in [0.25, 0.3) is 10.9 Å².